The largest absolute Gasteiger partial charge is 0.379 e. The smallest absolute Gasteiger partial charge is 0.234 e. The third-order valence-electron chi connectivity index (χ3n) is 5.73. The molecule has 1 fully saturated rings. The molecule has 1 aromatic carbocycles. The number of benzene rings is 1. The number of hydrogen-bond acceptors (Lipinski definition) is 10. The van der Waals surface area contributed by atoms with Crippen LogP contribution < -0.4 is 10.6 Å². The Kier molecular flexibility index (Phi) is 8.97. The fourth-order valence-electron chi connectivity index (χ4n) is 3.73. The highest BCUT2D eigenvalue weighted by Gasteiger charge is 2.16. The van der Waals surface area contributed by atoms with Crippen molar-refractivity contribution < 1.29 is 9.53 Å². The highest BCUT2D eigenvalue weighted by molar-refractivity contribution is 7.17. The topological polar surface area (TPSA) is 105 Å². The molecule has 0 spiro atoms. The van der Waals surface area contributed by atoms with Crippen LogP contribution in [-0.4, -0.2) is 70.0 Å². The molecule has 3 heterocycles. The van der Waals surface area contributed by atoms with Crippen molar-refractivity contribution in [3.05, 3.63) is 51.2 Å². The molecule has 0 atom stereocenters. The van der Waals surface area contributed by atoms with Gasteiger partial charge in [-0.15, -0.1) is 0 Å². The Morgan fingerprint density at radius 1 is 1.20 bits per heavy atom. The molecule has 2 aromatic heterocycles. The molecule has 2 N–H and O–H groups in total. The maximum absolute atomic E-state index is 12.8. The van der Waals surface area contributed by atoms with Crippen molar-refractivity contribution in [1.29, 1.82) is 0 Å². The van der Waals surface area contributed by atoms with Crippen molar-refractivity contribution in [2.75, 3.05) is 50.0 Å². The average Bonchev–Trinajstić information content (AvgIpc) is 3.33. The second-order valence-corrected chi connectivity index (χ2v) is 9.71. The summed E-state index contributed by atoms with van der Waals surface area (Å²) in [6.45, 7) is 9.30. The summed E-state index contributed by atoms with van der Waals surface area (Å²) >= 11 is 7.56. The monoisotopic (exact) mass is 515 g/mol. The third kappa shape index (κ3) is 7.17. The second kappa shape index (κ2) is 12.3. The van der Waals surface area contributed by atoms with Gasteiger partial charge in [0.15, 0.2) is 10.9 Å². The van der Waals surface area contributed by atoms with Crippen molar-refractivity contribution in [1.82, 2.24) is 24.8 Å². The van der Waals surface area contributed by atoms with Gasteiger partial charge in [-0.1, -0.05) is 42.0 Å². The van der Waals surface area contributed by atoms with Gasteiger partial charge in [0.2, 0.25) is 11.9 Å². The van der Waals surface area contributed by atoms with Crippen LogP contribution in [0.15, 0.2) is 24.4 Å². The highest BCUT2D eigenvalue weighted by atomic mass is 35.5. The fraction of sp³-hybridized carbons (Fsp3) is 0.458. The van der Waals surface area contributed by atoms with Crippen LogP contribution in [0.5, 0.6) is 0 Å². The molecule has 186 valence electrons. The molecular weight excluding hydrogens is 486 g/mol. The van der Waals surface area contributed by atoms with Crippen LogP contribution in [0.4, 0.5) is 17.0 Å². The van der Waals surface area contributed by atoms with Gasteiger partial charge >= 0.3 is 0 Å². The van der Waals surface area contributed by atoms with Gasteiger partial charge in [0.25, 0.3) is 0 Å². The van der Waals surface area contributed by atoms with E-state index in [-0.39, 0.29) is 12.2 Å². The van der Waals surface area contributed by atoms with Crippen LogP contribution in [0.3, 0.4) is 0 Å². The van der Waals surface area contributed by atoms with Crippen molar-refractivity contribution in [3.8, 4) is 0 Å². The first-order valence-electron chi connectivity index (χ1n) is 11.8. The average molecular weight is 516 g/mol. The van der Waals surface area contributed by atoms with Crippen molar-refractivity contribution >= 4 is 45.7 Å². The zero-order chi connectivity index (χ0) is 24.6. The van der Waals surface area contributed by atoms with Gasteiger partial charge in [0, 0.05) is 37.5 Å². The first-order valence-corrected chi connectivity index (χ1v) is 13.0. The fourth-order valence-corrected chi connectivity index (χ4v) is 4.77. The predicted molar refractivity (Wildman–Crippen MR) is 139 cm³/mol. The normalized spacial score (nSPS) is 14.1. The summed E-state index contributed by atoms with van der Waals surface area (Å²) < 4.78 is 5.39. The number of carbonyl (C=O) groups is 1. The molecule has 3 aromatic rings. The van der Waals surface area contributed by atoms with Crippen LogP contribution in [0, 0.1) is 6.92 Å². The van der Waals surface area contributed by atoms with Crippen LogP contribution in [-0.2, 0) is 17.6 Å². The van der Waals surface area contributed by atoms with Crippen LogP contribution in [0.1, 0.15) is 40.0 Å². The van der Waals surface area contributed by atoms with E-state index in [0.717, 1.165) is 56.9 Å². The molecule has 0 bridgehead atoms. The summed E-state index contributed by atoms with van der Waals surface area (Å²) in [4.78, 5) is 33.6. The number of nitrogens with one attached hydrogen (secondary N) is 2. The molecular formula is C24H30ClN7O2S. The zero-order valence-corrected chi connectivity index (χ0v) is 21.6. The number of rotatable bonds is 11. The predicted octanol–water partition coefficient (Wildman–Crippen LogP) is 4.16. The molecule has 4 rings (SSSR count). The van der Waals surface area contributed by atoms with Crippen molar-refractivity contribution in [3.63, 3.8) is 0 Å². The second-order valence-electron chi connectivity index (χ2n) is 8.28. The summed E-state index contributed by atoms with van der Waals surface area (Å²) in [5.41, 5.74) is 1.84. The SMILES string of the molecule is CCc1nc(NCCCN2CCOCC2)nc(Nc2ncc(C(=O)Cc3c(C)cccc3Cl)s2)n1. The molecule has 1 aliphatic rings. The quantitative estimate of drug-likeness (QED) is 0.287. The number of Topliss-reactive ketones (excluding diaryl/α,β-unsaturated/α-hetero) is 1. The number of aromatic nitrogens is 4. The Morgan fingerprint density at radius 3 is 2.77 bits per heavy atom. The Labute approximate surface area is 214 Å². The van der Waals surface area contributed by atoms with E-state index in [1.165, 1.54) is 11.3 Å². The van der Waals surface area contributed by atoms with Crippen LogP contribution >= 0.6 is 22.9 Å². The maximum Gasteiger partial charge on any atom is 0.234 e. The molecule has 0 unspecified atom stereocenters. The van der Waals surface area contributed by atoms with Gasteiger partial charge < -0.3 is 10.1 Å². The number of aryl methyl sites for hydroxylation is 2. The Morgan fingerprint density at radius 2 is 2.00 bits per heavy atom. The number of ketones is 1. The molecule has 35 heavy (non-hydrogen) atoms. The number of hydrogen-bond donors (Lipinski definition) is 2. The molecule has 0 aliphatic carbocycles. The third-order valence-corrected chi connectivity index (χ3v) is 7.03. The number of nitrogens with zero attached hydrogens (tertiary/aromatic N) is 5. The van der Waals surface area contributed by atoms with Gasteiger partial charge in [0.1, 0.15) is 5.82 Å². The van der Waals surface area contributed by atoms with E-state index < -0.39 is 0 Å². The number of carbonyl (C=O) groups excluding carboxylic acids is 1. The maximum atomic E-state index is 12.8. The summed E-state index contributed by atoms with van der Waals surface area (Å²) in [7, 11) is 0. The summed E-state index contributed by atoms with van der Waals surface area (Å²) in [5.74, 6) is 1.59. The molecule has 0 radical (unpaired) electrons. The van der Waals surface area contributed by atoms with Gasteiger partial charge in [-0.3, -0.25) is 15.0 Å². The summed E-state index contributed by atoms with van der Waals surface area (Å²) in [6, 6.07) is 5.64. The number of halogens is 1. The lowest BCUT2D eigenvalue weighted by Gasteiger charge is -2.26. The number of morpholine rings is 1. The Hall–Kier alpha value is -2.66. The van der Waals surface area contributed by atoms with E-state index in [2.05, 4.69) is 35.5 Å². The minimum atomic E-state index is -0.0285. The molecule has 11 heteroatoms. The minimum absolute atomic E-state index is 0.0285. The van der Waals surface area contributed by atoms with Crippen LogP contribution in [0.25, 0.3) is 0 Å². The first kappa shape index (κ1) is 25.4. The van der Waals surface area contributed by atoms with Gasteiger partial charge in [0.05, 0.1) is 24.3 Å². The van der Waals surface area contributed by atoms with E-state index in [0.29, 0.717) is 39.2 Å². The molecule has 0 saturated carbocycles. The standard InChI is InChI=1S/C24H30ClN7O2S/c1-3-21-28-22(26-8-5-9-32-10-12-34-13-11-32)30-23(29-21)31-24-27-15-20(35-24)19(33)14-17-16(2)6-4-7-18(17)25/h4,6-7,15H,3,5,8-14H2,1-2H3,(H2,26,27,28,29,30,31). The van der Waals surface area contributed by atoms with Gasteiger partial charge in [-0.05, 0) is 37.1 Å². The lowest BCUT2D eigenvalue weighted by atomic mass is 10.0. The van der Waals surface area contributed by atoms with E-state index in [1.54, 1.807) is 12.3 Å². The highest BCUT2D eigenvalue weighted by Crippen LogP contribution is 2.26. The number of ether oxygens (including phenoxy) is 1. The van der Waals surface area contributed by atoms with E-state index in [1.807, 2.05) is 26.0 Å². The lowest BCUT2D eigenvalue weighted by molar-refractivity contribution is 0.0378. The van der Waals surface area contributed by atoms with E-state index >= 15 is 0 Å². The lowest BCUT2D eigenvalue weighted by Crippen LogP contribution is -2.37. The van der Waals surface area contributed by atoms with E-state index in [9.17, 15) is 4.79 Å². The number of anilines is 3. The zero-order valence-electron chi connectivity index (χ0n) is 20.0. The Bertz CT molecular complexity index is 1130. The van der Waals surface area contributed by atoms with E-state index in [4.69, 9.17) is 16.3 Å². The molecule has 9 nitrogen and oxygen atoms in total. The van der Waals surface area contributed by atoms with Crippen molar-refractivity contribution in [2.24, 2.45) is 0 Å². The summed E-state index contributed by atoms with van der Waals surface area (Å²) in [6.07, 6.45) is 3.48. The Balaban J connectivity index is 1.35. The van der Waals surface area contributed by atoms with Gasteiger partial charge in [-0.2, -0.15) is 15.0 Å². The first-order chi connectivity index (χ1) is 17.0. The van der Waals surface area contributed by atoms with Crippen molar-refractivity contribution in [2.45, 2.75) is 33.1 Å². The molecule has 1 saturated heterocycles. The van der Waals surface area contributed by atoms with Gasteiger partial charge in [-0.25, -0.2) is 4.98 Å². The molecule has 1 aliphatic heterocycles. The minimum Gasteiger partial charge on any atom is -0.379 e. The van der Waals surface area contributed by atoms with Crippen LogP contribution in [0.2, 0.25) is 5.02 Å². The summed E-state index contributed by atoms with van der Waals surface area (Å²) in [5, 5.41) is 7.58. The number of thiazole rings is 1. The molecule has 0 amide bonds.